The van der Waals surface area contributed by atoms with Crippen LogP contribution in [0.2, 0.25) is 0 Å². The summed E-state index contributed by atoms with van der Waals surface area (Å²) in [6.07, 6.45) is 0. The first-order valence-electron chi connectivity index (χ1n) is 10.1. The fraction of sp³-hybridized carbons (Fsp3) is 0.208. The van der Waals surface area contributed by atoms with Crippen molar-refractivity contribution < 1.29 is 22.3 Å². The number of amides is 1. The van der Waals surface area contributed by atoms with Gasteiger partial charge in [-0.05, 0) is 61.9 Å². The molecule has 0 unspecified atom stereocenters. The van der Waals surface area contributed by atoms with Gasteiger partial charge in [-0.1, -0.05) is 24.3 Å². The van der Waals surface area contributed by atoms with Crippen LogP contribution in [-0.2, 0) is 16.6 Å². The van der Waals surface area contributed by atoms with Crippen LogP contribution in [0.3, 0.4) is 0 Å². The second-order valence-electron chi connectivity index (χ2n) is 7.15. The van der Waals surface area contributed by atoms with E-state index >= 15 is 0 Å². The quantitative estimate of drug-likeness (QED) is 0.549. The SMILES string of the molecule is CCOc1ccc(N(C)S(=O)(=O)c2ccc(C)c(C(=O)NCc3ccccc3F)c2)cc1. The lowest BCUT2D eigenvalue weighted by Gasteiger charge is -2.20. The van der Waals surface area contributed by atoms with Gasteiger partial charge in [0.2, 0.25) is 0 Å². The zero-order chi connectivity index (χ0) is 23.3. The van der Waals surface area contributed by atoms with Crippen molar-refractivity contribution in [2.75, 3.05) is 18.0 Å². The first kappa shape index (κ1) is 23.3. The van der Waals surface area contributed by atoms with Crippen molar-refractivity contribution in [3.63, 3.8) is 0 Å². The van der Waals surface area contributed by atoms with E-state index in [0.717, 1.165) is 4.31 Å². The number of carbonyl (C=O) groups is 1. The fourth-order valence-electron chi connectivity index (χ4n) is 3.13. The monoisotopic (exact) mass is 456 g/mol. The molecule has 0 heterocycles. The Labute approximate surface area is 187 Å². The Morgan fingerprint density at radius 3 is 2.41 bits per heavy atom. The van der Waals surface area contributed by atoms with Crippen molar-refractivity contribution in [1.82, 2.24) is 5.32 Å². The van der Waals surface area contributed by atoms with Crippen molar-refractivity contribution >= 4 is 21.6 Å². The van der Waals surface area contributed by atoms with Gasteiger partial charge in [0.05, 0.1) is 17.2 Å². The maximum atomic E-state index is 13.8. The predicted molar refractivity (Wildman–Crippen MR) is 122 cm³/mol. The number of nitrogens with one attached hydrogen (secondary N) is 1. The van der Waals surface area contributed by atoms with E-state index in [1.54, 1.807) is 55.5 Å². The normalized spacial score (nSPS) is 11.1. The van der Waals surface area contributed by atoms with E-state index in [-0.39, 0.29) is 17.0 Å². The number of benzene rings is 3. The molecule has 6 nitrogen and oxygen atoms in total. The maximum Gasteiger partial charge on any atom is 0.264 e. The van der Waals surface area contributed by atoms with Crippen molar-refractivity contribution in [2.24, 2.45) is 0 Å². The van der Waals surface area contributed by atoms with Crippen LogP contribution >= 0.6 is 0 Å². The number of aryl methyl sites for hydroxylation is 1. The van der Waals surface area contributed by atoms with Crippen molar-refractivity contribution in [1.29, 1.82) is 0 Å². The lowest BCUT2D eigenvalue weighted by Crippen LogP contribution is -2.28. The molecule has 0 bridgehead atoms. The van der Waals surface area contributed by atoms with E-state index in [4.69, 9.17) is 4.74 Å². The molecule has 0 aliphatic rings. The minimum absolute atomic E-state index is 0.00595. The van der Waals surface area contributed by atoms with Gasteiger partial charge in [-0.3, -0.25) is 9.10 Å². The summed E-state index contributed by atoms with van der Waals surface area (Å²) in [5.41, 5.74) is 1.62. The van der Waals surface area contributed by atoms with Crippen LogP contribution in [-0.4, -0.2) is 28.0 Å². The van der Waals surface area contributed by atoms with E-state index in [2.05, 4.69) is 5.32 Å². The second-order valence-corrected chi connectivity index (χ2v) is 9.12. The topological polar surface area (TPSA) is 75.7 Å². The summed E-state index contributed by atoms with van der Waals surface area (Å²) in [7, 11) is -2.46. The summed E-state index contributed by atoms with van der Waals surface area (Å²) in [6, 6.07) is 17.2. The lowest BCUT2D eigenvalue weighted by molar-refractivity contribution is 0.0949. The molecule has 3 rings (SSSR count). The molecule has 3 aromatic carbocycles. The van der Waals surface area contributed by atoms with Crippen LogP contribution in [0.5, 0.6) is 5.75 Å². The molecule has 0 atom stereocenters. The van der Waals surface area contributed by atoms with Crippen LogP contribution in [0.25, 0.3) is 0 Å². The van der Waals surface area contributed by atoms with Crippen molar-refractivity contribution in [3.05, 3.63) is 89.2 Å². The summed E-state index contributed by atoms with van der Waals surface area (Å²) in [6.45, 7) is 4.09. The third kappa shape index (κ3) is 5.08. The highest BCUT2D eigenvalue weighted by Gasteiger charge is 2.23. The van der Waals surface area contributed by atoms with Gasteiger partial charge >= 0.3 is 0 Å². The van der Waals surface area contributed by atoms with Crippen LogP contribution in [0, 0.1) is 12.7 Å². The Kier molecular flexibility index (Phi) is 7.15. The van der Waals surface area contributed by atoms with Gasteiger partial charge in [-0.25, -0.2) is 12.8 Å². The van der Waals surface area contributed by atoms with Gasteiger partial charge in [-0.15, -0.1) is 0 Å². The molecule has 0 saturated heterocycles. The molecule has 168 valence electrons. The lowest BCUT2D eigenvalue weighted by atomic mass is 10.1. The van der Waals surface area contributed by atoms with E-state index in [1.807, 2.05) is 6.92 Å². The predicted octanol–water partition coefficient (Wildman–Crippen LogP) is 4.29. The van der Waals surface area contributed by atoms with Crippen LogP contribution < -0.4 is 14.4 Å². The second kappa shape index (κ2) is 9.82. The molecule has 32 heavy (non-hydrogen) atoms. The number of nitrogens with zero attached hydrogens (tertiary/aromatic N) is 1. The third-order valence-electron chi connectivity index (χ3n) is 5.02. The maximum absolute atomic E-state index is 13.8. The first-order valence-corrected chi connectivity index (χ1v) is 11.5. The number of sulfonamides is 1. The Balaban J connectivity index is 1.82. The molecule has 1 N–H and O–H groups in total. The number of ether oxygens (including phenoxy) is 1. The van der Waals surface area contributed by atoms with Crippen LogP contribution in [0.4, 0.5) is 10.1 Å². The number of rotatable bonds is 8. The zero-order valence-corrected chi connectivity index (χ0v) is 18.9. The van der Waals surface area contributed by atoms with Gasteiger partial charge in [-0.2, -0.15) is 0 Å². The standard InChI is InChI=1S/C24H25FN2O4S/c1-4-31-20-12-10-19(11-13-20)27(3)32(29,30)21-14-9-17(2)22(15-21)24(28)26-16-18-7-5-6-8-23(18)25/h5-15H,4,16H2,1-3H3,(H,26,28). The molecule has 1 amide bonds. The summed E-state index contributed by atoms with van der Waals surface area (Å²) < 4.78 is 46.7. The van der Waals surface area contributed by atoms with Gasteiger partial charge in [0.25, 0.3) is 15.9 Å². The Morgan fingerprint density at radius 2 is 1.75 bits per heavy atom. The van der Waals surface area contributed by atoms with Crippen LogP contribution in [0.15, 0.2) is 71.6 Å². The minimum Gasteiger partial charge on any atom is -0.494 e. The van der Waals surface area contributed by atoms with Gasteiger partial charge in [0.15, 0.2) is 0 Å². The number of carbonyl (C=O) groups excluding carboxylic acids is 1. The number of halogens is 1. The summed E-state index contributed by atoms with van der Waals surface area (Å²) >= 11 is 0. The van der Waals surface area contributed by atoms with E-state index in [9.17, 15) is 17.6 Å². The van der Waals surface area contributed by atoms with Crippen LogP contribution in [0.1, 0.15) is 28.4 Å². The number of hydrogen-bond donors (Lipinski definition) is 1. The molecule has 0 aliphatic carbocycles. The highest BCUT2D eigenvalue weighted by atomic mass is 32.2. The smallest absolute Gasteiger partial charge is 0.264 e. The third-order valence-corrected chi connectivity index (χ3v) is 6.80. The Hall–Kier alpha value is -3.39. The molecule has 0 spiro atoms. The summed E-state index contributed by atoms with van der Waals surface area (Å²) in [4.78, 5) is 12.7. The zero-order valence-electron chi connectivity index (χ0n) is 18.1. The Bertz CT molecular complexity index is 1210. The fourth-order valence-corrected chi connectivity index (χ4v) is 4.36. The first-order chi connectivity index (χ1) is 15.2. The van der Waals surface area contributed by atoms with Gasteiger partial charge in [0, 0.05) is 24.7 Å². The molecule has 3 aromatic rings. The highest BCUT2D eigenvalue weighted by Crippen LogP contribution is 2.25. The summed E-state index contributed by atoms with van der Waals surface area (Å²) in [5, 5.41) is 2.65. The molecule has 0 aliphatic heterocycles. The molecular formula is C24H25FN2O4S. The summed E-state index contributed by atoms with van der Waals surface area (Å²) in [5.74, 6) is -0.254. The van der Waals surface area contributed by atoms with E-state index in [0.29, 0.717) is 29.2 Å². The molecule has 0 saturated carbocycles. The van der Waals surface area contributed by atoms with Crippen molar-refractivity contribution in [3.8, 4) is 5.75 Å². The molecular weight excluding hydrogens is 431 g/mol. The van der Waals surface area contributed by atoms with E-state index in [1.165, 1.54) is 25.2 Å². The van der Waals surface area contributed by atoms with Crippen molar-refractivity contribution in [2.45, 2.75) is 25.3 Å². The van der Waals surface area contributed by atoms with Gasteiger partial charge < -0.3 is 10.1 Å². The van der Waals surface area contributed by atoms with Gasteiger partial charge in [0.1, 0.15) is 11.6 Å². The molecule has 0 radical (unpaired) electrons. The molecule has 0 aromatic heterocycles. The largest absolute Gasteiger partial charge is 0.494 e. The minimum atomic E-state index is -3.91. The average molecular weight is 457 g/mol. The molecule has 0 fully saturated rings. The highest BCUT2D eigenvalue weighted by molar-refractivity contribution is 7.92. The number of anilines is 1. The van der Waals surface area contributed by atoms with E-state index < -0.39 is 21.7 Å². The number of hydrogen-bond acceptors (Lipinski definition) is 4. The Morgan fingerprint density at radius 1 is 1.06 bits per heavy atom. The average Bonchev–Trinajstić information content (AvgIpc) is 2.78. The molecule has 8 heteroatoms.